The van der Waals surface area contributed by atoms with Crippen LogP contribution in [0.2, 0.25) is 0 Å². The molecule has 0 saturated carbocycles. The first-order valence-electron chi connectivity index (χ1n) is 10.0. The van der Waals surface area contributed by atoms with Gasteiger partial charge in [0.15, 0.2) is 11.5 Å². The number of carbonyl (C=O) groups excluding carboxylic acids is 1. The zero-order valence-corrected chi connectivity index (χ0v) is 18.3. The lowest BCUT2D eigenvalue weighted by atomic mass is 9.88. The number of hydrogen-bond acceptors (Lipinski definition) is 5. The van der Waals surface area contributed by atoms with Gasteiger partial charge in [-0.25, -0.2) is 4.79 Å². The van der Waals surface area contributed by atoms with Crippen LogP contribution < -0.4 is 14.8 Å². The number of nitrogens with one attached hydrogen (secondary N) is 1. The third-order valence-electron chi connectivity index (χ3n) is 5.33. The number of thiophene rings is 1. The van der Waals surface area contributed by atoms with Gasteiger partial charge in [0.25, 0.3) is 0 Å². The summed E-state index contributed by atoms with van der Waals surface area (Å²) < 4.78 is 11.1. The van der Waals surface area contributed by atoms with Crippen molar-refractivity contribution >= 4 is 28.9 Å². The first-order chi connectivity index (χ1) is 14.9. The number of carbonyl (C=O) groups is 2. The predicted octanol–water partition coefficient (Wildman–Crippen LogP) is 5.30. The molecule has 1 aliphatic heterocycles. The third-order valence-corrected chi connectivity index (χ3v) is 6.62. The number of aromatic carboxylic acids is 1. The SMILES string of the molecule is CCOc1ccc([C@@H]2CC(=O)Nc3c2sc(C(=O)O)c3-c2ccc(C)cc2)cc1OC. The summed E-state index contributed by atoms with van der Waals surface area (Å²) in [5, 5.41) is 12.8. The van der Waals surface area contributed by atoms with Crippen LogP contribution in [0.3, 0.4) is 0 Å². The van der Waals surface area contributed by atoms with Crippen LogP contribution in [0.25, 0.3) is 11.1 Å². The van der Waals surface area contributed by atoms with Crippen LogP contribution in [0.15, 0.2) is 42.5 Å². The summed E-state index contributed by atoms with van der Waals surface area (Å²) in [6.45, 7) is 4.39. The van der Waals surface area contributed by atoms with E-state index in [0.29, 0.717) is 29.4 Å². The molecule has 2 aromatic carbocycles. The molecule has 160 valence electrons. The van der Waals surface area contributed by atoms with E-state index >= 15 is 0 Å². The molecule has 0 radical (unpaired) electrons. The van der Waals surface area contributed by atoms with Gasteiger partial charge in [-0.3, -0.25) is 4.79 Å². The molecule has 0 spiro atoms. The third kappa shape index (κ3) is 3.88. The Bertz CT molecular complexity index is 1150. The largest absolute Gasteiger partial charge is 0.493 e. The predicted molar refractivity (Wildman–Crippen MR) is 121 cm³/mol. The van der Waals surface area contributed by atoms with E-state index in [0.717, 1.165) is 21.6 Å². The van der Waals surface area contributed by atoms with E-state index in [1.54, 1.807) is 7.11 Å². The minimum atomic E-state index is -1.01. The van der Waals surface area contributed by atoms with Gasteiger partial charge < -0.3 is 19.9 Å². The molecule has 3 aromatic rings. The van der Waals surface area contributed by atoms with Crippen molar-refractivity contribution in [2.45, 2.75) is 26.2 Å². The minimum Gasteiger partial charge on any atom is -0.493 e. The number of aryl methyl sites for hydroxylation is 1. The zero-order chi connectivity index (χ0) is 22.1. The maximum absolute atomic E-state index is 12.6. The lowest BCUT2D eigenvalue weighted by molar-refractivity contribution is -0.116. The van der Waals surface area contributed by atoms with Crippen LogP contribution >= 0.6 is 11.3 Å². The molecule has 7 heteroatoms. The highest BCUT2D eigenvalue weighted by Gasteiger charge is 2.34. The molecular formula is C24H23NO5S. The summed E-state index contributed by atoms with van der Waals surface area (Å²) in [5.74, 6) is -0.205. The second-order valence-electron chi connectivity index (χ2n) is 7.36. The fourth-order valence-electron chi connectivity index (χ4n) is 3.88. The normalized spacial score (nSPS) is 15.2. The average molecular weight is 438 g/mol. The van der Waals surface area contributed by atoms with E-state index in [9.17, 15) is 14.7 Å². The summed E-state index contributed by atoms with van der Waals surface area (Å²) in [6.07, 6.45) is 0.233. The molecule has 0 bridgehead atoms. The number of rotatable bonds is 6. The quantitative estimate of drug-likeness (QED) is 0.546. The fraction of sp³-hybridized carbons (Fsp3) is 0.250. The first-order valence-corrected chi connectivity index (χ1v) is 10.8. The number of amides is 1. The Hall–Kier alpha value is -3.32. The summed E-state index contributed by atoms with van der Waals surface area (Å²) in [4.78, 5) is 25.8. The van der Waals surface area contributed by atoms with Crippen molar-refractivity contribution in [2.24, 2.45) is 0 Å². The number of anilines is 1. The highest BCUT2D eigenvalue weighted by atomic mass is 32.1. The van der Waals surface area contributed by atoms with Crippen LogP contribution in [0.4, 0.5) is 5.69 Å². The number of carboxylic acid groups (broad SMARTS) is 1. The molecule has 1 amide bonds. The van der Waals surface area contributed by atoms with Crippen LogP contribution in [0.5, 0.6) is 11.5 Å². The molecule has 0 unspecified atom stereocenters. The fourth-order valence-corrected chi connectivity index (χ4v) is 5.12. The van der Waals surface area contributed by atoms with Crippen molar-refractivity contribution in [3.8, 4) is 22.6 Å². The molecule has 31 heavy (non-hydrogen) atoms. The highest BCUT2D eigenvalue weighted by Crippen LogP contribution is 2.50. The van der Waals surface area contributed by atoms with Crippen molar-refractivity contribution in [2.75, 3.05) is 19.0 Å². The maximum atomic E-state index is 12.6. The summed E-state index contributed by atoms with van der Waals surface area (Å²) in [6, 6.07) is 13.3. The number of ether oxygens (including phenoxy) is 2. The summed E-state index contributed by atoms with van der Waals surface area (Å²) in [5.41, 5.74) is 3.87. The van der Waals surface area contributed by atoms with Crippen molar-refractivity contribution in [3.05, 3.63) is 63.3 Å². The molecule has 0 saturated heterocycles. The van der Waals surface area contributed by atoms with Gasteiger partial charge >= 0.3 is 5.97 Å². The monoisotopic (exact) mass is 437 g/mol. The molecule has 1 atom stereocenters. The molecule has 0 fully saturated rings. The first kappa shape index (κ1) is 20.9. The van der Waals surface area contributed by atoms with E-state index in [4.69, 9.17) is 9.47 Å². The van der Waals surface area contributed by atoms with Crippen LogP contribution in [0.1, 0.15) is 44.9 Å². The Morgan fingerprint density at radius 3 is 2.58 bits per heavy atom. The standard InChI is InChI=1S/C24H23NO5S/c1-4-30-17-10-9-15(11-18(17)29-3)16-12-19(26)25-21-20(14-7-5-13(2)6-8-14)23(24(27)28)31-22(16)21/h5-11,16H,4,12H2,1-3H3,(H,25,26)(H,27,28)/t16-/m0/s1. The topological polar surface area (TPSA) is 84.9 Å². The van der Waals surface area contributed by atoms with E-state index in [1.165, 1.54) is 11.3 Å². The van der Waals surface area contributed by atoms with E-state index in [-0.39, 0.29) is 23.1 Å². The van der Waals surface area contributed by atoms with Gasteiger partial charge in [0.05, 0.1) is 19.4 Å². The number of hydrogen-bond donors (Lipinski definition) is 2. The highest BCUT2D eigenvalue weighted by molar-refractivity contribution is 7.15. The van der Waals surface area contributed by atoms with E-state index in [1.807, 2.05) is 56.3 Å². The Labute approximate surface area is 184 Å². The molecular weight excluding hydrogens is 414 g/mol. The summed E-state index contributed by atoms with van der Waals surface area (Å²) >= 11 is 1.22. The molecule has 2 heterocycles. The molecule has 4 rings (SSSR count). The lowest BCUT2D eigenvalue weighted by Gasteiger charge is -2.24. The maximum Gasteiger partial charge on any atom is 0.346 e. The Balaban J connectivity index is 1.87. The van der Waals surface area contributed by atoms with Crippen LogP contribution in [-0.2, 0) is 4.79 Å². The number of methoxy groups -OCH3 is 1. The average Bonchev–Trinajstić information content (AvgIpc) is 3.14. The number of fused-ring (bicyclic) bond motifs is 1. The molecule has 1 aliphatic rings. The second-order valence-corrected chi connectivity index (χ2v) is 8.42. The smallest absolute Gasteiger partial charge is 0.346 e. The van der Waals surface area contributed by atoms with Crippen molar-refractivity contribution in [1.82, 2.24) is 0 Å². The molecule has 0 aliphatic carbocycles. The summed E-state index contributed by atoms with van der Waals surface area (Å²) in [7, 11) is 1.57. The van der Waals surface area contributed by atoms with Gasteiger partial charge in [0, 0.05) is 22.8 Å². The van der Waals surface area contributed by atoms with Gasteiger partial charge in [0.2, 0.25) is 5.91 Å². The minimum absolute atomic E-state index is 0.145. The van der Waals surface area contributed by atoms with Gasteiger partial charge in [-0.1, -0.05) is 35.9 Å². The lowest BCUT2D eigenvalue weighted by Crippen LogP contribution is -2.22. The zero-order valence-electron chi connectivity index (χ0n) is 17.5. The van der Waals surface area contributed by atoms with E-state index in [2.05, 4.69) is 5.32 Å². The van der Waals surface area contributed by atoms with Gasteiger partial charge in [-0.2, -0.15) is 0 Å². The molecule has 2 N–H and O–H groups in total. The van der Waals surface area contributed by atoms with Gasteiger partial charge in [0.1, 0.15) is 4.88 Å². The second kappa shape index (κ2) is 8.43. The van der Waals surface area contributed by atoms with Crippen molar-refractivity contribution in [1.29, 1.82) is 0 Å². The Kier molecular flexibility index (Phi) is 5.69. The molecule has 6 nitrogen and oxygen atoms in total. The van der Waals surface area contributed by atoms with E-state index < -0.39 is 5.97 Å². The number of benzene rings is 2. The van der Waals surface area contributed by atoms with Gasteiger partial charge in [-0.05, 0) is 37.1 Å². The Morgan fingerprint density at radius 1 is 1.19 bits per heavy atom. The van der Waals surface area contributed by atoms with Crippen LogP contribution in [-0.4, -0.2) is 30.7 Å². The van der Waals surface area contributed by atoms with Crippen molar-refractivity contribution in [3.63, 3.8) is 0 Å². The Morgan fingerprint density at radius 2 is 1.94 bits per heavy atom. The molecule has 1 aromatic heterocycles. The number of carboxylic acids is 1. The van der Waals surface area contributed by atoms with Crippen LogP contribution in [0, 0.1) is 6.92 Å². The van der Waals surface area contributed by atoms with Gasteiger partial charge in [-0.15, -0.1) is 11.3 Å². The van der Waals surface area contributed by atoms with Crippen molar-refractivity contribution < 1.29 is 24.2 Å².